The molecule has 3 rings (SSSR count). The van der Waals surface area contributed by atoms with Gasteiger partial charge in [0, 0.05) is 68.3 Å². The van der Waals surface area contributed by atoms with E-state index in [-0.39, 0.29) is 11.8 Å². The summed E-state index contributed by atoms with van der Waals surface area (Å²) in [6.07, 6.45) is 4.12. The number of hydrogen-bond donors (Lipinski definition) is 1. The fourth-order valence-corrected chi connectivity index (χ4v) is 4.56. The van der Waals surface area contributed by atoms with Gasteiger partial charge in [0.2, 0.25) is 5.91 Å². The lowest BCUT2D eigenvalue weighted by Gasteiger charge is -2.35. The molecule has 2 amide bonds. The van der Waals surface area contributed by atoms with Crippen molar-refractivity contribution in [3.63, 3.8) is 0 Å². The summed E-state index contributed by atoms with van der Waals surface area (Å²) in [4.78, 5) is 32.1. The number of likely N-dealkylation sites (tertiary alicyclic amines) is 1. The molecule has 0 bridgehead atoms. The van der Waals surface area contributed by atoms with Crippen molar-refractivity contribution in [3.8, 4) is 0 Å². The lowest BCUT2D eigenvalue weighted by atomic mass is 10.0. The number of piperidine rings is 1. The standard InChI is InChI=1S/C22H33BrN4O2/c1-18-5-2-3-11-25(18)15-16-27(22(29)19-6-4-7-20(23)17-19)12-8-21(28)26-13-9-24-10-14-26/h4,6-7,17-18,24H,2-3,5,8-16H2,1H3/t18-/m0/s1. The summed E-state index contributed by atoms with van der Waals surface area (Å²) in [6.45, 7) is 8.56. The van der Waals surface area contributed by atoms with E-state index < -0.39 is 0 Å². The van der Waals surface area contributed by atoms with Crippen molar-refractivity contribution in [2.75, 3.05) is 52.4 Å². The Hall–Kier alpha value is -1.44. The molecule has 0 aliphatic carbocycles. The molecule has 2 aliphatic heterocycles. The Bertz CT molecular complexity index is 693. The van der Waals surface area contributed by atoms with Crippen molar-refractivity contribution in [1.29, 1.82) is 0 Å². The van der Waals surface area contributed by atoms with Gasteiger partial charge in [0.05, 0.1) is 0 Å². The lowest BCUT2D eigenvalue weighted by Crippen LogP contribution is -2.48. The van der Waals surface area contributed by atoms with Crippen LogP contribution in [0.4, 0.5) is 0 Å². The molecule has 0 radical (unpaired) electrons. The molecule has 0 spiro atoms. The first kappa shape index (κ1) is 22.2. The van der Waals surface area contributed by atoms with E-state index >= 15 is 0 Å². The third-order valence-electron chi connectivity index (χ3n) is 6.02. The minimum Gasteiger partial charge on any atom is -0.340 e. The van der Waals surface area contributed by atoms with Crippen LogP contribution in [0, 0.1) is 0 Å². The van der Waals surface area contributed by atoms with Crippen LogP contribution in [-0.2, 0) is 4.79 Å². The fourth-order valence-electron chi connectivity index (χ4n) is 4.16. The van der Waals surface area contributed by atoms with E-state index in [1.165, 1.54) is 19.3 Å². The molecule has 1 aromatic carbocycles. The predicted octanol–water partition coefficient (Wildman–Crippen LogP) is 2.59. The van der Waals surface area contributed by atoms with Crippen molar-refractivity contribution in [2.24, 2.45) is 0 Å². The molecule has 6 nitrogen and oxygen atoms in total. The molecule has 0 aromatic heterocycles. The highest BCUT2D eigenvalue weighted by molar-refractivity contribution is 9.10. The van der Waals surface area contributed by atoms with Crippen LogP contribution in [0.25, 0.3) is 0 Å². The van der Waals surface area contributed by atoms with Crippen molar-refractivity contribution in [3.05, 3.63) is 34.3 Å². The highest BCUT2D eigenvalue weighted by Gasteiger charge is 2.23. The van der Waals surface area contributed by atoms with Crippen LogP contribution in [0.1, 0.15) is 43.0 Å². The van der Waals surface area contributed by atoms with Gasteiger partial charge in [0.1, 0.15) is 0 Å². The molecule has 1 atom stereocenters. The fraction of sp³-hybridized carbons (Fsp3) is 0.636. The van der Waals surface area contributed by atoms with Gasteiger partial charge < -0.3 is 15.1 Å². The third kappa shape index (κ3) is 6.52. The smallest absolute Gasteiger partial charge is 0.253 e. The predicted molar refractivity (Wildman–Crippen MR) is 119 cm³/mol. The van der Waals surface area contributed by atoms with E-state index in [0.717, 1.165) is 43.7 Å². The van der Waals surface area contributed by atoms with Crippen molar-refractivity contribution >= 4 is 27.7 Å². The highest BCUT2D eigenvalue weighted by atomic mass is 79.9. The molecule has 0 saturated carbocycles. The number of hydrogen-bond acceptors (Lipinski definition) is 4. The van der Waals surface area contributed by atoms with E-state index in [9.17, 15) is 9.59 Å². The first-order chi connectivity index (χ1) is 14.0. The second kappa shape index (κ2) is 11.1. The minimum atomic E-state index is 0.00377. The van der Waals surface area contributed by atoms with Crippen LogP contribution in [0.5, 0.6) is 0 Å². The first-order valence-electron chi connectivity index (χ1n) is 10.8. The molecule has 2 saturated heterocycles. The first-order valence-corrected chi connectivity index (χ1v) is 11.6. The number of nitrogens with zero attached hydrogens (tertiary/aromatic N) is 3. The quantitative estimate of drug-likeness (QED) is 0.673. The normalized spacial score (nSPS) is 20.5. The molecule has 1 N–H and O–H groups in total. The molecule has 2 heterocycles. The van der Waals surface area contributed by atoms with E-state index in [1.54, 1.807) is 0 Å². The summed E-state index contributed by atoms with van der Waals surface area (Å²) < 4.78 is 0.893. The molecule has 160 valence electrons. The van der Waals surface area contributed by atoms with Crippen LogP contribution in [0.3, 0.4) is 0 Å². The molecule has 2 fully saturated rings. The maximum absolute atomic E-state index is 13.2. The summed E-state index contributed by atoms with van der Waals surface area (Å²) in [7, 11) is 0. The van der Waals surface area contributed by atoms with Crippen LogP contribution in [0.15, 0.2) is 28.7 Å². The van der Waals surface area contributed by atoms with Gasteiger partial charge in [-0.25, -0.2) is 0 Å². The Morgan fingerprint density at radius 3 is 2.69 bits per heavy atom. The van der Waals surface area contributed by atoms with Gasteiger partial charge in [0.15, 0.2) is 0 Å². The number of amides is 2. The zero-order valence-electron chi connectivity index (χ0n) is 17.4. The average Bonchev–Trinajstić information content (AvgIpc) is 2.75. The number of nitrogens with one attached hydrogen (secondary N) is 1. The van der Waals surface area contributed by atoms with Gasteiger partial charge in [-0.05, 0) is 44.5 Å². The van der Waals surface area contributed by atoms with Gasteiger partial charge in [-0.3, -0.25) is 14.5 Å². The summed E-state index contributed by atoms with van der Waals surface area (Å²) >= 11 is 3.46. The van der Waals surface area contributed by atoms with E-state index in [4.69, 9.17) is 0 Å². The maximum atomic E-state index is 13.2. The molecule has 0 unspecified atom stereocenters. The molecule has 29 heavy (non-hydrogen) atoms. The van der Waals surface area contributed by atoms with Crippen LogP contribution in [0.2, 0.25) is 0 Å². The highest BCUT2D eigenvalue weighted by Crippen LogP contribution is 2.17. The number of piperazine rings is 1. The van der Waals surface area contributed by atoms with Crippen molar-refractivity contribution < 1.29 is 9.59 Å². The Morgan fingerprint density at radius 2 is 1.97 bits per heavy atom. The molecule has 2 aliphatic rings. The summed E-state index contributed by atoms with van der Waals surface area (Å²) in [5.41, 5.74) is 0.667. The van der Waals surface area contributed by atoms with Gasteiger partial charge >= 0.3 is 0 Å². The van der Waals surface area contributed by atoms with Gasteiger partial charge in [0.25, 0.3) is 5.91 Å². The summed E-state index contributed by atoms with van der Waals surface area (Å²) in [5.74, 6) is 0.147. The second-order valence-corrected chi connectivity index (χ2v) is 8.98. The molecule has 7 heteroatoms. The van der Waals surface area contributed by atoms with E-state index in [1.807, 2.05) is 34.1 Å². The number of halogens is 1. The lowest BCUT2D eigenvalue weighted by molar-refractivity contribution is -0.131. The van der Waals surface area contributed by atoms with Gasteiger partial charge in [-0.2, -0.15) is 0 Å². The average molecular weight is 465 g/mol. The molecule has 1 aromatic rings. The van der Waals surface area contributed by atoms with Crippen LogP contribution >= 0.6 is 15.9 Å². The van der Waals surface area contributed by atoms with Gasteiger partial charge in [-0.15, -0.1) is 0 Å². The maximum Gasteiger partial charge on any atom is 0.253 e. The monoisotopic (exact) mass is 464 g/mol. The van der Waals surface area contributed by atoms with E-state index in [0.29, 0.717) is 31.1 Å². The Kier molecular flexibility index (Phi) is 8.51. The summed E-state index contributed by atoms with van der Waals surface area (Å²) in [6, 6.07) is 8.08. The van der Waals surface area contributed by atoms with Gasteiger partial charge in [-0.1, -0.05) is 28.4 Å². The minimum absolute atomic E-state index is 0.00377. The number of rotatable bonds is 7. The number of benzene rings is 1. The Balaban J connectivity index is 1.63. The van der Waals surface area contributed by atoms with E-state index in [2.05, 4.69) is 33.1 Å². The largest absolute Gasteiger partial charge is 0.340 e. The Morgan fingerprint density at radius 1 is 1.17 bits per heavy atom. The third-order valence-corrected chi connectivity index (χ3v) is 6.52. The molecular weight excluding hydrogens is 432 g/mol. The zero-order chi connectivity index (χ0) is 20.6. The van der Waals surface area contributed by atoms with Crippen molar-refractivity contribution in [2.45, 2.75) is 38.6 Å². The topological polar surface area (TPSA) is 55.9 Å². The van der Waals surface area contributed by atoms with Crippen LogP contribution in [-0.4, -0.2) is 84.9 Å². The summed E-state index contributed by atoms with van der Waals surface area (Å²) in [5, 5.41) is 3.27. The number of carbonyl (C=O) groups excluding carboxylic acids is 2. The second-order valence-electron chi connectivity index (χ2n) is 8.06. The number of carbonyl (C=O) groups is 2. The zero-order valence-corrected chi connectivity index (χ0v) is 19.0. The SMILES string of the molecule is C[C@H]1CCCCN1CCN(CCC(=O)N1CCNCC1)C(=O)c1cccc(Br)c1. The van der Waals surface area contributed by atoms with Crippen molar-refractivity contribution in [1.82, 2.24) is 20.0 Å². The molecular formula is C22H33BrN4O2. The van der Waals surface area contributed by atoms with Crippen LogP contribution < -0.4 is 5.32 Å². The Labute approximate surface area is 182 Å².